The second kappa shape index (κ2) is 12.0. The van der Waals surface area contributed by atoms with Crippen molar-refractivity contribution in [3.8, 4) is 0 Å². The molecule has 0 atom stereocenters. The van der Waals surface area contributed by atoms with E-state index in [0.29, 0.717) is 18.5 Å². The first-order valence-corrected chi connectivity index (χ1v) is 14.7. The summed E-state index contributed by atoms with van der Waals surface area (Å²) in [5, 5.41) is 9.29. The van der Waals surface area contributed by atoms with Crippen molar-refractivity contribution in [1.29, 1.82) is 0 Å². The van der Waals surface area contributed by atoms with E-state index in [2.05, 4.69) is 10.3 Å². The zero-order chi connectivity index (χ0) is 25.5. The molecule has 1 aromatic heterocycles. The third-order valence-corrected chi connectivity index (χ3v) is 8.98. The lowest BCUT2D eigenvalue weighted by atomic mass is 10.1. The molecule has 0 bridgehead atoms. The van der Waals surface area contributed by atoms with Gasteiger partial charge in [-0.1, -0.05) is 24.3 Å². The molecule has 3 N–H and O–H groups in total. The lowest BCUT2D eigenvalue weighted by Gasteiger charge is -2.19. The van der Waals surface area contributed by atoms with Crippen LogP contribution < -0.4 is 10.5 Å². The van der Waals surface area contributed by atoms with E-state index in [9.17, 15) is 21.2 Å². The predicted octanol–water partition coefficient (Wildman–Crippen LogP) is 3.33. The van der Waals surface area contributed by atoms with Crippen LogP contribution in [0.3, 0.4) is 0 Å². The second-order valence-electron chi connectivity index (χ2n) is 7.67. The van der Waals surface area contributed by atoms with Crippen molar-refractivity contribution in [2.45, 2.75) is 27.7 Å². The standard InChI is InChI=1S/C23H27FN4O4S3/c1-28(15-12-18-7-2-3-8-20(18)24)35(31,32)19-10-11-21(22(17-19)34(25,29)30)26-14-6-16-33-23-9-4-5-13-27-23/h2-5,7-11,13,17,26H,6,12,14-16H2,1H3,(H2,25,29,30). The van der Waals surface area contributed by atoms with Gasteiger partial charge in [0.2, 0.25) is 20.0 Å². The number of aromatic nitrogens is 1. The zero-order valence-electron chi connectivity index (χ0n) is 19.1. The van der Waals surface area contributed by atoms with Gasteiger partial charge in [0.1, 0.15) is 10.7 Å². The number of nitrogens with zero attached hydrogens (tertiary/aromatic N) is 2. The molecule has 12 heteroatoms. The van der Waals surface area contributed by atoms with E-state index in [1.165, 1.54) is 25.2 Å². The molecule has 188 valence electrons. The summed E-state index contributed by atoms with van der Waals surface area (Å²) in [5.74, 6) is 0.345. The Morgan fingerprint density at radius 2 is 1.80 bits per heavy atom. The first-order chi connectivity index (χ1) is 16.6. The van der Waals surface area contributed by atoms with Crippen molar-refractivity contribution in [1.82, 2.24) is 9.29 Å². The number of hydrogen-bond donors (Lipinski definition) is 2. The summed E-state index contributed by atoms with van der Waals surface area (Å²) < 4.78 is 65.4. The van der Waals surface area contributed by atoms with Crippen LogP contribution in [-0.2, 0) is 26.5 Å². The molecule has 0 aliphatic heterocycles. The third kappa shape index (κ3) is 7.48. The Labute approximate surface area is 209 Å². The smallest absolute Gasteiger partial charge is 0.242 e. The summed E-state index contributed by atoms with van der Waals surface area (Å²) >= 11 is 1.58. The number of anilines is 1. The fourth-order valence-corrected chi connectivity index (χ4v) is 6.05. The van der Waals surface area contributed by atoms with E-state index in [-0.39, 0.29) is 28.4 Å². The number of halogens is 1. The van der Waals surface area contributed by atoms with E-state index in [1.54, 1.807) is 36.2 Å². The normalized spacial score (nSPS) is 12.1. The Morgan fingerprint density at radius 1 is 1.06 bits per heavy atom. The van der Waals surface area contributed by atoms with Gasteiger partial charge in [-0.2, -0.15) is 0 Å². The minimum atomic E-state index is -4.20. The molecule has 8 nitrogen and oxygen atoms in total. The third-order valence-electron chi connectivity index (χ3n) is 5.15. The van der Waals surface area contributed by atoms with Crippen LogP contribution in [0.15, 0.2) is 81.7 Å². The molecule has 0 saturated carbocycles. The number of benzene rings is 2. The average molecular weight is 539 g/mol. The summed E-state index contributed by atoms with van der Waals surface area (Å²) in [6.45, 7) is 0.471. The van der Waals surface area contributed by atoms with Crippen molar-refractivity contribution < 1.29 is 21.2 Å². The molecule has 0 aliphatic rings. The molecular weight excluding hydrogens is 511 g/mol. The van der Waals surface area contributed by atoms with Gasteiger partial charge >= 0.3 is 0 Å². The van der Waals surface area contributed by atoms with Gasteiger partial charge in [-0.15, -0.1) is 11.8 Å². The summed E-state index contributed by atoms with van der Waals surface area (Å²) in [6, 6.07) is 15.5. The molecule has 0 radical (unpaired) electrons. The van der Waals surface area contributed by atoms with Gasteiger partial charge < -0.3 is 5.32 Å². The van der Waals surface area contributed by atoms with Crippen LogP contribution in [0.25, 0.3) is 0 Å². The Morgan fingerprint density at radius 3 is 2.49 bits per heavy atom. The quantitative estimate of drug-likeness (QED) is 0.268. The molecule has 3 rings (SSSR count). The van der Waals surface area contributed by atoms with Gasteiger partial charge in [0.25, 0.3) is 0 Å². The molecule has 0 amide bonds. The van der Waals surface area contributed by atoms with Gasteiger partial charge in [-0.3, -0.25) is 0 Å². The second-order valence-corrected chi connectivity index (χ2v) is 12.4. The topological polar surface area (TPSA) is 122 Å². The molecule has 0 fully saturated rings. The highest BCUT2D eigenvalue weighted by Gasteiger charge is 2.24. The SMILES string of the molecule is CN(CCc1ccccc1F)S(=O)(=O)c1ccc(NCCCSc2ccccn2)c(S(N)(=O)=O)c1. The number of primary sulfonamides is 1. The van der Waals surface area contributed by atoms with Gasteiger partial charge in [-0.25, -0.2) is 35.7 Å². The molecule has 3 aromatic rings. The highest BCUT2D eigenvalue weighted by atomic mass is 32.2. The van der Waals surface area contributed by atoms with Crippen LogP contribution in [0.5, 0.6) is 0 Å². The van der Waals surface area contributed by atoms with Crippen LogP contribution >= 0.6 is 11.8 Å². The maximum atomic E-state index is 13.9. The highest BCUT2D eigenvalue weighted by Crippen LogP contribution is 2.26. The lowest BCUT2D eigenvalue weighted by molar-refractivity contribution is 0.468. The first kappa shape index (κ1) is 27.1. The fraction of sp³-hybridized carbons (Fsp3) is 0.261. The summed E-state index contributed by atoms with van der Waals surface area (Å²) in [4.78, 5) is 3.71. The lowest BCUT2D eigenvalue weighted by Crippen LogP contribution is -2.29. The maximum absolute atomic E-state index is 13.9. The van der Waals surface area contributed by atoms with Gasteiger partial charge in [0.05, 0.1) is 15.6 Å². The number of nitrogens with one attached hydrogen (secondary N) is 1. The van der Waals surface area contributed by atoms with E-state index >= 15 is 0 Å². The Bertz CT molecular complexity index is 1350. The average Bonchev–Trinajstić information content (AvgIpc) is 2.83. The van der Waals surface area contributed by atoms with Crippen molar-refractivity contribution in [2.75, 3.05) is 31.2 Å². The number of thioether (sulfide) groups is 1. The van der Waals surface area contributed by atoms with Crippen molar-refractivity contribution in [3.63, 3.8) is 0 Å². The van der Waals surface area contributed by atoms with Crippen LogP contribution in [0.2, 0.25) is 0 Å². The number of sulfonamides is 2. The molecule has 0 unspecified atom stereocenters. The van der Waals surface area contributed by atoms with Crippen molar-refractivity contribution in [3.05, 3.63) is 78.2 Å². The number of nitrogens with two attached hydrogens (primary N) is 1. The zero-order valence-corrected chi connectivity index (χ0v) is 21.5. The van der Waals surface area contributed by atoms with E-state index in [1.807, 2.05) is 18.2 Å². The maximum Gasteiger partial charge on any atom is 0.242 e. The summed E-state index contributed by atoms with van der Waals surface area (Å²) in [7, 11) is -6.87. The first-order valence-electron chi connectivity index (χ1n) is 10.7. The Balaban J connectivity index is 1.68. The number of pyridine rings is 1. The highest BCUT2D eigenvalue weighted by molar-refractivity contribution is 7.99. The van der Waals surface area contributed by atoms with E-state index in [0.717, 1.165) is 21.2 Å². The summed E-state index contributed by atoms with van der Waals surface area (Å²) in [6.07, 6.45) is 2.59. The number of hydrogen-bond acceptors (Lipinski definition) is 7. The largest absolute Gasteiger partial charge is 0.384 e. The number of rotatable bonds is 12. The minimum absolute atomic E-state index is 0.0158. The van der Waals surface area contributed by atoms with Crippen LogP contribution in [-0.4, -0.2) is 52.0 Å². The molecular formula is C23H27FN4O4S3. The molecule has 35 heavy (non-hydrogen) atoms. The van der Waals surface area contributed by atoms with Crippen molar-refractivity contribution >= 4 is 37.5 Å². The van der Waals surface area contributed by atoms with E-state index < -0.39 is 25.9 Å². The fourth-order valence-electron chi connectivity index (χ4n) is 3.23. The molecule has 0 saturated heterocycles. The van der Waals surface area contributed by atoms with Crippen LogP contribution in [0.1, 0.15) is 12.0 Å². The molecule has 0 spiro atoms. The predicted molar refractivity (Wildman–Crippen MR) is 136 cm³/mol. The Kier molecular flexibility index (Phi) is 9.25. The molecule has 0 aliphatic carbocycles. The molecule has 1 heterocycles. The van der Waals surface area contributed by atoms with Gasteiger partial charge in [-0.05, 0) is 54.8 Å². The number of likely N-dealkylation sites (N-methyl/N-ethyl adjacent to an activating group) is 1. The van der Waals surface area contributed by atoms with Gasteiger partial charge in [0.15, 0.2) is 0 Å². The van der Waals surface area contributed by atoms with Gasteiger partial charge in [0, 0.05) is 32.1 Å². The van der Waals surface area contributed by atoms with E-state index in [4.69, 9.17) is 5.14 Å². The van der Waals surface area contributed by atoms with Crippen molar-refractivity contribution in [2.24, 2.45) is 5.14 Å². The monoisotopic (exact) mass is 538 g/mol. The van der Waals surface area contributed by atoms with Crippen LogP contribution in [0.4, 0.5) is 10.1 Å². The Hall–Kier alpha value is -2.51. The summed E-state index contributed by atoms with van der Waals surface area (Å²) in [5.41, 5.74) is 0.615. The minimum Gasteiger partial charge on any atom is -0.384 e. The molecule has 2 aromatic carbocycles. The van der Waals surface area contributed by atoms with Crippen LogP contribution in [0, 0.1) is 5.82 Å².